The molecule has 7 heteroatoms. The molecule has 3 N–H and O–H groups in total. The molecule has 62 valence electrons. The van der Waals surface area contributed by atoms with Crippen LogP contribution in [0.1, 0.15) is 9.67 Å². The van der Waals surface area contributed by atoms with Crippen molar-refractivity contribution in [3.63, 3.8) is 0 Å². The van der Waals surface area contributed by atoms with Crippen molar-refractivity contribution in [3.8, 4) is 0 Å². The van der Waals surface area contributed by atoms with Crippen LogP contribution in [0.5, 0.6) is 0 Å². The highest BCUT2D eigenvalue weighted by Gasteiger charge is 2.13. The van der Waals surface area contributed by atoms with Crippen molar-refractivity contribution in [1.29, 1.82) is 0 Å². The monoisotopic (exact) mass is 184 g/mol. The summed E-state index contributed by atoms with van der Waals surface area (Å²) < 4.78 is 0.509. The highest BCUT2D eigenvalue weighted by Crippen LogP contribution is 2.03. The van der Waals surface area contributed by atoms with E-state index in [4.69, 9.17) is 15.2 Å². The fourth-order valence-electron chi connectivity index (χ4n) is 0.840. The minimum Gasteiger partial charge on any atom is -0.477 e. The first-order valence-corrected chi connectivity index (χ1v) is 4.07. The number of aromatic carboxylic acids is 1. The van der Waals surface area contributed by atoms with E-state index in [9.17, 15) is 4.79 Å². The van der Waals surface area contributed by atoms with E-state index in [0.29, 0.717) is 10.2 Å². The Hall–Kier alpha value is -0.780. The fourth-order valence-corrected chi connectivity index (χ4v) is 1.71. The topological polar surface area (TPSA) is 77.8 Å². The Bertz CT molecular complexity index is 276. The minimum atomic E-state index is -1.03. The van der Waals surface area contributed by atoms with Crippen molar-refractivity contribution in [2.45, 2.75) is 0 Å². The lowest BCUT2D eigenvalue weighted by Crippen LogP contribution is -2.31. The number of rotatable bonds is 3. The first kappa shape index (κ1) is 9.31. The summed E-state index contributed by atoms with van der Waals surface area (Å²) in [5.74, 6) is -1.03. The van der Waals surface area contributed by atoms with Crippen LogP contribution < -0.4 is 10.2 Å². The van der Waals surface area contributed by atoms with Gasteiger partial charge in [0.25, 0.3) is 0 Å². The molecule has 1 heterocycles. The zero-order chi connectivity index (χ0) is 9.14. The average molecular weight is 184 g/mol. The highest BCUT2D eigenvalue weighted by molar-refractivity contribution is 7.24. The molecular weight excluding hydrogens is 178 g/mol. The SMILES string of the molecule is O=C(O)c1cc(BO)c(BO)s1. The number of carbonyl (C=O) groups is 1. The van der Waals surface area contributed by atoms with Crippen molar-refractivity contribution in [2.24, 2.45) is 0 Å². The molecule has 4 nitrogen and oxygen atoms in total. The highest BCUT2D eigenvalue weighted by atomic mass is 32.1. The molecule has 1 rings (SSSR count). The maximum Gasteiger partial charge on any atom is 0.345 e. The Labute approximate surface area is 74.0 Å². The molecule has 0 aromatic carbocycles. The van der Waals surface area contributed by atoms with Crippen molar-refractivity contribution in [1.82, 2.24) is 0 Å². The third kappa shape index (κ3) is 1.69. The van der Waals surface area contributed by atoms with Crippen LogP contribution in [0.2, 0.25) is 0 Å². The van der Waals surface area contributed by atoms with Gasteiger partial charge in [0.1, 0.15) is 4.88 Å². The molecule has 0 aliphatic rings. The molecule has 0 saturated carbocycles. The Morgan fingerprint density at radius 3 is 2.42 bits per heavy atom. The van der Waals surface area contributed by atoms with Gasteiger partial charge in [-0.3, -0.25) is 0 Å². The van der Waals surface area contributed by atoms with Gasteiger partial charge in [-0.25, -0.2) is 4.79 Å². The van der Waals surface area contributed by atoms with E-state index in [1.54, 1.807) is 0 Å². The van der Waals surface area contributed by atoms with E-state index in [-0.39, 0.29) is 19.8 Å². The molecule has 0 amide bonds. The predicted molar refractivity (Wildman–Crippen MR) is 49.3 cm³/mol. The lowest BCUT2D eigenvalue weighted by Gasteiger charge is -1.88. The Morgan fingerprint density at radius 1 is 1.42 bits per heavy atom. The first-order chi connectivity index (χ1) is 5.69. The van der Waals surface area contributed by atoms with Gasteiger partial charge in [-0.2, -0.15) is 0 Å². The normalized spacial score (nSPS) is 9.50. The van der Waals surface area contributed by atoms with E-state index in [1.807, 2.05) is 0 Å². The van der Waals surface area contributed by atoms with E-state index in [0.717, 1.165) is 11.3 Å². The zero-order valence-corrected chi connectivity index (χ0v) is 6.97. The van der Waals surface area contributed by atoms with Crippen LogP contribution in [0, 0.1) is 0 Å². The van der Waals surface area contributed by atoms with Gasteiger partial charge < -0.3 is 15.2 Å². The second-order valence-corrected chi connectivity index (χ2v) is 3.32. The van der Waals surface area contributed by atoms with Crippen LogP contribution >= 0.6 is 11.3 Å². The molecule has 1 aromatic heterocycles. The Morgan fingerprint density at radius 2 is 2.08 bits per heavy atom. The second-order valence-electron chi connectivity index (χ2n) is 2.18. The van der Waals surface area contributed by atoms with Gasteiger partial charge in [0, 0.05) is 0 Å². The summed E-state index contributed by atoms with van der Waals surface area (Å²) in [6.07, 6.45) is 0. The molecule has 0 aliphatic heterocycles. The number of thiophene rings is 1. The maximum absolute atomic E-state index is 10.4. The molecule has 0 fully saturated rings. The first-order valence-electron chi connectivity index (χ1n) is 3.25. The van der Waals surface area contributed by atoms with Crippen LogP contribution in [0.25, 0.3) is 0 Å². The van der Waals surface area contributed by atoms with E-state index >= 15 is 0 Å². The molecular formula is C5H6B2O4S. The molecule has 12 heavy (non-hydrogen) atoms. The van der Waals surface area contributed by atoms with Crippen molar-refractivity contribution in [3.05, 3.63) is 10.9 Å². The number of carboxylic acid groups (broad SMARTS) is 1. The van der Waals surface area contributed by atoms with Crippen LogP contribution in [0.4, 0.5) is 0 Å². The van der Waals surface area contributed by atoms with Crippen molar-refractivity contribution < 1.29 is 19.9 Å². The number of hydrogen-bond donors (Lipinski definition) is 3. The fraction of sp³-hybridized carbons (Fsp3) is 0. The van der Waals surface area contributed by atoms with Crippen molar-refractivity contribution in [2.75, 3.05) is 0 Å². The largest absolute Gasteiger partial charge is 0.477 e. The lowest BCUT2D eigenvalue weighted by atomic mass is 9.80. The third-order valence-corrected chi connectivity index (χ3v) is 2.57. The van der Waals surface area contributed by atoms with Crippen LogP contribution in [0.3, 0.4) is 0 Å². The van der Waals surface area contributed by atoms with E-state index in [2.05, 4.69) is 0 Å². The summed E-state index contributed by atoms with van der Waals surface area (Å²) >= 11 is 0.983. The van der Waals surface area contributed by atoms with Gasteiger partial charge in [-0.05, 0) is 16.3 Å². The van der Waals surface area contributed by atoms with Crippen molar-refractivity contribution >= 4 is 42.5 Å². The summed E-state index contributed by atoms with van der Waals surface area (Å²) in [6, 6.07) is 1.37. The quantitative estimate of drug-likeness (QED) is 0.449. The summed E-state index contributed by atoms with van der Waals surface area (Å²) in [5.41, 5.74) is 0.486. The van der Waals surface area contributed by atoms with Crippen LogP contribution in [0.15, 0.2) is 6.07 Å². The second kappa shape index (κ2) is 3.75. The summed E-state index contributed by atoms with van der Waals surface area (Å²) in [5, 5.41) is 26.1. The maximum atomic E-state index is 10.4. The Kier molecular flexibility index (Phi) is 2.91. The van der Waals surface area contributed by atoms with E-state index < -0.39 is 5.97 Å². The smallest absolute Gasteiger partial charge is 0.345 e. The van der Waals surface area contributed by atoms with Crippen LogP contribution in [-0.4, -0.2) is 36.1 Å². The minimum absolute atomic E-state index is 0.142. The molecule has 0 spiro atoms. The zero-order valence-electron chi connectivity index (χ0n) is 6.15. The molecule has 0 radical (unpaired) electrons. The standard InChI is InChI=1S/C5H6B2O4S/c8-5(9)3-1-2(6-10)4(7-11)12-3/h1,6-7,10-11H,(H,8,9). The molecule has 0 bridgehead atoms. The summed E-state index contributed by atoms with van der Waals surface area (Å²) in [4.78, 5) is 10.6. The average Bonchev–Trinajstić information content (AvgIpc) is 2.46. The van der Waals surface area contributed by atoms with Gasteiger partial charge in [-0.1, -0.05) is 0 Å². The molecule has 0 aliphatic carbocycles. The van der Waals surface area contributed by atoms with Gasteiger partial charge in [0.15, 0.2) is 0 Å². The summed E-state index contributed by atoms with van der Waals surface area (Å²) in [7, 11) is -0.465. The van der Waals surface area contributed by atoms with Gasteiger partial charge in [0.05, 0.1) is 0 Å². The predicted octanol–water partition coefficient (Wildman–Crippen LogP) is -2.62. The third-order valence-electron chi connectivity index (χ3n) is 1.42. The van der Waals surface area contributed by atoms with E-state index in [1.165, 1.54) is 6.07 Å². The molecule has 1 aromatic rings. The molecule has 0 atom stereocenters. The molecule has 0 saturated heterocycles. The van der Waals surface area contributed by atoms with Crippen LogP contribution in [-0.2, 0) is 0 Å². The molecule has 0 unspecified atom stereocenters. The van der Waals surface area contributed by atoms with Gasteiger partial charge >= 0.3 is 20.9 Å². The number of hydrogen-bond acceptors (Lipinski definition) is 4. The van der Waals surface area contributed by atoms with Gasteiger partial charge in [-0.15, -0.1) is 11.3 Å². The summed E-state index contributed by atoms with van der Waals surface area (Å²) in [6.45, 7) is 0. The van der Waals surface area contributed by atoms with Gasteiger partial charge in [0.2, 0.25) is 0 Å². The lowest BCUT2D eigenvalue weighted by molar-refractivity contribution is 0.0702. The number of carboxylic acids is 1. The Balaban J connectivity index is 3.05.